The van der Waals surface area contributed by atoms with Gasteiger partial charge in [0.25, 0.3) is 5.56 Å². The highest BCUT2D eigenvalue weighted by atomic mass is 35.5. The predicted octanol–water partition coefficient (Wildman–Crippen LogP) is 3.08. The summed E-state index contributed by atoms with van der Waals surface area (Å²) in [6.45, 7) is 2.04. The number of rotatable bonds is 6. The summed E-state index contributed by atoms with van der Waals surface area (Å²) in [6, 6.07) is 8.47. The van der Waals surface area contributed by atoms with Crippen molar-refractivity contribution in [3.8, 4) is 5.75 Å². The number of ether oxygens (including phenoxy) is 1. The number of benzene rings is 1. The van der Waals surface area contributed by atoms with Gasteiger partial charge in [-0.3, -0.25) is 4.79 Å². The lowest BCUT2D eigenvalue weighted by molar-refractivity contribution is 0.418. The molecule has 0 fully saturated rings. The van der Waals surface area contributed by atoms with E-state index >= 15 is 0 Å². The lowest BCUT2D eigenvalue weighted by Crippen LogP contribution is -2.27. The van der Waals surface area contributed by atoms with Crippen LogP contribution in [-0.2, 0) is 16.4 Å². The van der Waals surface area contributed by atoms with E-state index in [1.165, 1.54) is 12.1 Å². The number of methoxy groups -OCH3 is 1. The van der Waals surface area contributed by atoms with Crippen LogP contribution < -0.4 is 15.0 Å². The number of thiophene rings is 1. The molecule has 0 saturated carbocycles. The number of H-pyrrole nitrogens is 1. The number of hydrogen-bond acceptors (Lipinski definition) is 5. The zero-order valence-corrected chi connectivity index (χ0v) is 16.5. The van der Waals surface area contributed by atoms with Crippen molar-refractivity contribution in [1.29, 1.82) is 0 Å². The topological polar surface area (TPSA) is 88.3 Å². The molecular formula is C17H17ClN2O4S2. The van der Waals surface area contributed by atoms with Crippen LogP contribution in [0.3, 0.4) is 0 Å². The van der Waals surface area contributed by atoms with Gasteiger partial charge < -0.3 is 9.72 Å². The summed E-state index contributed by atoms with van der Waals surface area (Å²) in [5.74, 6) is 0.588. The minimum Gasteiger partial charge on any atom is -0.495 e. The standard InChI is InChI=1S/C17H17ClN2O4S2/c1-10-3-4-13(24-2)16-12(10)9-11(17(21)20-16)7-8-19-26(22,23)15-6-5-14(18)25-15/h3-6,9,19H,7-8H2,1-2H3,(H,20,21). The Bertz CT molecular complexity index is 1120. The molecule has 0 aliphatic rings. The van der Waals surface area contributed by atoms with Crippen molar-refractivity contribution in [2.45, 2.75) is 17.6 Å². The number of aryl methyl sites for hydroxylation is 1. The lowest BCUT2D eigenvalue weighted by Gasteiger charge is -2.10. The fourth-order valence-corrected chi connectivity index (χ4v) is 5.20. The molecule has 1 aromatic carbocycles. The van der Waals surface area contributed by atoms with Crippen molar-refractivity contribution in [1.82, 2.24) is 9.71 Å². The van der Waals surface area contributed by atoms with Gasteiger partial charge in [0.1, 0.15) is 9.96 Å². The third-order valence-corrected chi connectivity index (χ3v) is 7.18. The van der Waals surface area contributed by atoms with Crippen LogP contribution in [0, 0.1) is 6.92 Å². The summed E-state index contributed by atoms with van der Waals surface area (Å²) in [5, 5.41) is 0.867. The summed E-state index contributed by atoms with van der Waals surface area (Å²) < 4.78 is 32.7. The van der Waals surface area contributed by atoms with E-state index in [1.54, 1.807) is 19.2 Å². The van der Waals surface area contributed by atoms with Gasteiger partial charge >= 0.3 is 0 Å². The summed E-state index contributed by atoms with van der Waals surface area (Å²) in [4.78, 5) is 15.2. The van der Waals surface area contributed by atoms with Crippen molar-refractivity contribution >= 4 is 43.9 Å². The van der Waals surface area contributed by atoms with E-state index in [2.05, 4.69) is 9.71 Å². The molecule has 0 spiro atoms. The summed E-state index contributed by atoms with van der Waals surface area (Å²) in [6.07, 6.45) is 0.264. The first-order valence-electron chi connectivity index (χ1n) is 7.76. The zero-order chi connectivity index (χ0) is 18.9. The largest absolute Gasteiger partial charge is 0.495 e. The van der Waals surface area contributed by atoms with E-state index in [4.69, 9.17) is 16.3 Å². The van der Waals surface area contributed by atoms with E-state index in [9.17, 15) is 13.2 Å². The molecule has 0 unspecified atom stereocenters. The molecule has 3 aromatic rings. The fourth-order valence-electron chi connectivity index (χ4n) is 2.64. The maximum absolute atomic E-state index is 12.3. The molecule has 3 rings (SSSR count). The molecule has 138 valence electrons. The van der Waals surface area contributed by atoms with Gasteiger partial charge in [0, 0.05) is 17.5 Å². The van der Waals surface area contributed by atoms with Crippen LogP contribution in [-0.4, -0.2) is 27.1 Å². The van der Waals surface area contributed by atoms with Crippen LogP contribution >= 0.6 is 22.9 Å². The maximum Gasteiger partial charge on any atom is 0.251 e. The molecule has 0 amide bonds. The SMILES string of the molecule is COc1ccc(C)c2cc(CCNS(=O)(=O)c3ccc(Cl)s3)c(=O)[nH]c12. The first-order valence-corrected chi connectivity index (χ1v) is 10.4. The normalized spacial score (nSPS) is 11.8. The second-order valence-corrected chi connectivity index (χ2v) is 9.41. The van der Waals surface area contributed by atoms with Crippen LogP contribution in [0.1, 0.15) is 11.1 Å². The number of halogens is 1. The van der Waals surface area contributed by atoms with E-state index in [-0.39, 0.29) is 22.7 Å². The van der Waals surface area contributed by atoms with Gasteiger partial charge in [-0.25, -0.2) is 13.1 Å². The van der Waals surface area contributed by atoms with Crippen LogP contribution in [0.5, 0.6) is 5.75 Å². The van der Waals surface area contributed by atoms with Crippen molar-refractivity contribution in [2.75, 3.05) is 13.7 Å². The van der Waals surface area contributed by atoms with Crippen molar-refractivity contribution in [3.63, 3.8) is 0 Å². The Labute approximate surface area is 159 Å². The number of aromatic amines is 1. The van der Waals surface area contributed by atoms with Crippen molar-refractivity contribution < 1.29 is 13.2 Å². The lowest BCUT2D eigenvalue weighted by atomic mass is 10.1. The molecule has 0 radical (unpaired) electrons. The smallest absolute Gasteiger partial charge is 0.251 e. The predicted molar refractivity (Wildman–Crippen MR) is 104 cm³/mol. The van der Waals surface area contributed by atoms with Crippen LogP contribution in [0.15, 0.2) is 39.3 Å². The average Bonchev–Trinajstić information content (AvgIpc) is 3.03. The van der Waals surface area contributed by atoms with Crippen molar-refractivity contribution in [3.05, 3.63) is 56.1 Å². The number of sulfonamides is 1. The second kappa shape index (κ2) is 7.40. The molecule has 0 bridgehead atoms. The molecular weight excluding hydrogens is 396 g/mol. The fraction of sp³-hybridized carbons (Fsp3) is 0.235. The molecule has 0 saturated heterocycles. The average molecular weight is 413 g/mol. The highest BCUT2D eigenvalue weighted by molar-refractivity contribution is 7.91. The van der Waals surface area contributed by atoms with E-state index in [0.29, 0.717) is 21.2 Å². The highest BCUT2D eigenvalue weighted by Crippen LogP contribution is 2.26. The Morgan fingerprint density at radius 2 is 2.04 bits per heavy atom. The Kier molecular flexibility index (Phi) is 5.38. The van der Waals surface area contributed by atoms with E-state index in [1.807, 2.05) is 13.0 Å². The second-order valence-electron chi connectivity index (χ2n) is 5.70. The quantitative estimate of drug-likeness (QED) is 0.651. The number of hydrogen-bond donors (Lipinski definition) is 2. The molecule has 2 aromatic heterocycles. The number of aromatic nitrogens is 1. The van der Waals surface area contributed by atoms with Gasteiger partial charge in [-0.2, -0.15) is 0 Å². The third-order valence-electron chi connectivity index (χ3n) is 3.99. The molecule has 9 heteroatoms. The van der Waals surface area contributed by atoms with Crippen LogP contribution in [0.2, 0.25) is 4.34 Å². The summed E-state index contributed by atoms with van der Waals surface area (Å²) in [5.41, 5.74) is 1.86. The minimum absolute atomic E-state index is 0.107. The van der Waals surface area contributed by atoms with Gasteiger partial charge in [0.05, 0.1) is 17.0 Å². The zero-order valence-electron chi connectivity index (χ0n) is 14.1. The van der Waals surface area contributed by atoms with Gasteiger partial charge in [-0.15, -0.1) is 11.3 Å². The van der Waals surface area contributed by atoms with Gasteiger partial charge in [0.15, 0.2) is 0 Å². The van der Waals surface area contributed by atoms with Gasteiger partial charge in [0.2, 0.25) is 10.0 Å². The number of pyridine rings is 1. The minimum atomic E-state index is -3.63. The van der Waals surface area contributed by atoms with Crippen LogP contribution in [0.25, 0.3) is 10.9 Å². The van der Waals surface area contributed by atoms with Crippen LogP contribution in [0.4, 0.5) is 0 Å². The Balaban J connectivity index is 1.82. The Morgan fingerprint density at radius 1 is 1.27 bits per heavy atom. The molecule has 0 aliphatic heterocycles. The molecule has 0 atom stereocenters. The Hall–Kier alpha value is -1.87. The summed E-state index contributed by atoms with van der Waals surface area (Å²) >= 11 is 6.77. The number of nitrogens with one attached hydrogen (secondary N) is 2. The maximum atomic E-state index is 12.3. The third kappa shape index (κ3) is 3.78. The molecule has 2 heterocycles. The summed E-state index contributed by atoms with van der Waals surface area (Å²) in [7, 11) is -2.09. The molecule has 26 heavy (non-hydrogen) atoms. The van der Waals surface area contributed by atoms with Crippen molar-refractivity contribution in [2.24, 2.45) is 0 Å². The molecule has 2 N–H and O–H groups in total. The molecule has 6 nitrogen and oxygen atoms in total. The van der Waals surface area contributed by atoms with E-state index in [0.717, 1.165) is 22.3 Å². The first-order chi connectivity index (χ1) is 12.3. The van der Waals surface area contributed by atoms with Gasteiger partial charge in [-0.05, 0) is 43.2 Å². The Morgan fingerprint density at radius 3 is 2.69 bits per heavy atom. The molecule has 0 aliphatic carbocycles. The van der Waals surface area contributed by atoms with E-state index < -0.39 is 10.0 Å². The highest BCUT2D eigenvalue weighted by Gasteiger charge is 2.16. The number of fused-ring (bicyclic) bond motifs is 1. The first kappa shape index (κ1) is 18.9. The van der Waals surface area contributed by atoms with Gasteiger partial charge in [-0.1, -0.05) is 17.7 Å². The monoisotopic (exact) mass is 412 g/mol.